The molecule has 21 heavy (non-hydrogen) atoms. The number of hydrogen-bond donors (Lipinski definition) is 2. The zero-order chi connectivity index (χ0) is 15.3. The standard InChI is InChI=1S/C15H25N3O2S/c1-2-13(12-7-4-3-5-8-12)18-21(19,20)15-9-6-10-17-14(15)11-16/h6,9-10,12-13,18H,2-5,7-8,11,16H2,1H3. The Balaban J connectivity index is 2.18. The van der Waals surface area contributed by atoms with E-state index in [9.17, 15) is 8.42 Å². The van der Waals surface area contributed by atoms with Gasteiger partial charge in [0.25, 0.3) is 0 Å². The predicted molar refractivity (Wildman–Crippen MR) is 83.1 cm³/mol. The molecule has 1 aromatic rings. The SMILES string of the molecule is CCC(NS(=O)(=O)c1cccnc1CN)C1CCCCC1. The van der Waals surface area contributed by atoms with Crippen molar-refractivity contribution in [3.8, 4) is 0 Å². The molecule has 0 aromatic carbocycles. The average molecular weight is 311 g/mol. The molecule has 1 aliphatic carbocycles. The van der Waals surface area contributed by atoms with Gasteiger partial charge in [0.05, 0.1) is 5.69 Å². The Morgan fingerprint density at radius 2 is 2.10 bits per heavy atom. The second-order valence-electron chi connectivity index (χ2n) is 5.69. The van der Waals surface area contributed by atoms with Crippen molar-refractivity contribution in [2.45, 2.75) is 62.9 Å². The number of hydrogen-bond acceptors (Lipinski definition) is 4. The summed E-state index contributed by atoms with van der Waals surface area (Å²) in [6, 6.07) is 3.21. The predicted octanol–water partition coefficient (Wildman–Crippen LogP) is 2.18. The molecule has 1 saturated carbocycles. The highest BCUT2D eigenvalue weighted by molar-refractivity contribution is 7.89. The van der Waals surface area contributed by atoms with Crippen LogP contribution < -0.4 is 10.5 Å². The molecule has 1 heterocycles. The van der Waals surface area contributed by atoms with Gasteiger partial charge in [-0.2, -0.15) is 0 Å². The summed E-state index contributed by atoms with van der Waals surface area (Å²) in [5.74, 6) is 0.441. The van der Waals surface area contributed by atoms with Crippen molar-refractivity contribution < 1.29 is 8.42 Å². The van der Waals surface area contributed by atoms with Gasteiger partial charge in [0.15, 0.2) is 0 Å². The molecule has 1 aromatic heterocycles. The minimum absolute atomic E-state index is 0.00105. The lowest BCUT2D eigenvalue weighted by Gasteiger charge is -2.30. The monoisotopic (exact) mass is 311 g/mol. The molecular weight excluding hydrogens is 286 g/mol. The number of pyridine rings is 1. The van der Waals surface area contributed by atoms with Crippen LogP contribution in [0.25, 0.3) is 0 Å². The summed E-state index contributed by atoms with van der Waals surface area (Å²) >= 11 is 0. The number of rotatable bonds is 6. The van der Waals surface area contributed by atoms with Crippen molar-refractivity contribution in [2.24, 2.45) is 11.7 Å². The molecule has 1 aliphatic rings. The second kappa shape index (κ2) is 7.33. The first-order chi connectivity index (χ1) is 10.1. The molecule has 1 unspecified atom stereocenters. The van der Waals surface area contributed by atoms with Gasteiger partial charge < -0.3 is 5.73 Å². The van der Waals surface area contributed by atoms with Crippen molar-refractivity contribution in [1.29, 1.82) is 0 Å². The van der Waals surface area contributed by atoms with Gasteiger partial charge in [0.2, 0.25) is 10.0 Å². The minimum Gasteiger partial charge on any atom is -0.325 e. The van der Waals surface area contributed by atoms with Crippen LogP contribution in [-0.4, -0.2) is 19.4 Å². The summed E-state index contributed by atoms with van der Waals surface area (Å²) in [4.78, 5) is 4.27. The van der Waals surface area contributed by atoms with E-state index in [2.05, 4.69) is 9.71 Å². The Bertz CT molecular complexity index is 554. The zero-order valence-electron chi connectivity index (χ0n) is 12.6. The van der Waals surface area contributed by atoms with Crippen molar-refractivity contribution >= 4 is 10.0 Å². The van der Waals surface area contributed by atoms with Gasteiger partial charge in [-0.1, -0.05) is 26.2 Å². The highest BCUT2D eigenvalue weighted by atomic mass is 32.2. The van der Waals surface area contributed by atoms with E-state index < -0.39 is 10.0 Å². The lowest BCUT2D eigenvalue weighted by atomic mass is 9.83. The van der Waals surface area contributed by atoms with Crippen LogP contribution in [0.5, 0.6) is 0 Å². The average Bonchev–Trinajstić information content (AvgIpc) is 2.53. The van der Waals surface area contributed by atoms with E-state index in [-0.39, 0.29) is 17.5 Å². The van der Waals surface area contributed by atoms with Crippen molar-refractivity contribution in [3.63, 3.8) is 0 Å². The number of nitrogens with two attached hydrogens (primary N) is 1. The first-order valence-corrected chi connectivity index (χ1v) is 9.23. The molecule has 5 nitrogen and oxygen atoms in total. The van der Waals surface area contributed by atoms with E-state index in [1.54, 1.807) is 18.3 Å². The van der Waals surface area contributed by atoms with E-state index in [1.807, 2.05) is 6.92 Å². The van der Waals surface area contributed by atoms with Gasteiger partial charge in [-0.15, -0.1) is 0 Å². The molecule has 0 aliphatic heterocycles. The number of nitrogens with zero attached hydrogens (tertiary/aromatic N) is 1. The fourth-order valence-corrected chi connectivity index (χ4v) is 4.72. The molecule has 0 amide bonds. The van der Waals surface area contributed by atoms with Crippen molar-refractivity contribution in [1.82, 2.24) is 9.71 Å². The topological polar surface area (TPSA) is 85.1 Å². The van der Waals surface area contributed by atoms with E-state index in [1.165, 1.54) is 19.3 Å². The van der Waals surface area contributed by atoms with Crippen LogP contribution in [0.2, 0.25) is 0 Å². The fraction of sp³-hybridized carbons (Fsp3) is 0.667. The molecule has 0 bridgehead atoms. The van der Waals surface area contributed by atoms with Crippen molar-refractivity contribution in [2.75, 3.05) is 0 Å². The summed E-state index contributed by atoms with van der Waals surface area (Å²) in [5, 5.41) is 0. The van der Waals surface area contributed by atoms with Crippen LogP contribution in [-0.2, 0) is 16.6 Å². The molecule has 1 atom stereocenters. The summed E-state index contributed by atoms with van der Waals surface area (Å²) in [6.45, 7) is 2.16. The Morgan fingerprint density at radius 3 is 2.71 bits per heavy atom. The Kier molecular flexibility index (Phi) is 5.72. The van der Waals surface area contributed by atoms with E-state index in [0.717, 1.165) is 19.3 Å². The lowest BCUT2D eigenvalue weighted by Crippen LogP contribution is -2.41. The van der Waals surface area contributed by atoms with Crippen LogP contribution in [0.15, 0.2) is 23.2 Å². The zero-order valence-corrected chi connectivity index (χ0v) is 13.4. The molecule has 6 heteroatoms. The molecule has 0 spiro atoms. The van der Waals surface area contributed by atoms with Gasteiger partial charge in [0.1, 0.15) is 4.90 Å². The Morgan fingerprint density at radius 1 is 1.38 bits per heavy atom. The fourth-order valence-electron chi connectivity index (χ4n) is 3.13. The third kappa shape index (κ3) is 4.02. The van der Waals surface area contributed by atoms with Crippen LogP contribution in [0.4, 0.5) is 0 Å². The van der Waals surface area contributed by atoms with Crippen molar-refractivity contribution in [3.05, 3.63) is 24.0 Å². The molecule has 2 rings (SSSR count). The molecule has 0 radical (unpaired) electrons. The third-order valence-corrected chi connectivity index (χ3v) is 5.86. The summed E-state index contributed by atoms with van der Waals surface area (Å²) in [5.41, 5.74) is 6.02. The van der Waals surface area contributed by atoms with E-state index in [0.29, 0.717) is 11.6 Å². The third-order valence-electron chi connectivity index (χ3n) is 4.30. The molecule has 0 saturated heterocycles. The number of aromatic nitrogens is 1. The van der Waals surface area contributed by atoms with Crippen LogP contribution in [0.3, 0.4) is 0 Å². The smallest absolute Gasteiger partial charge is 0.242 e. The largest absolute Gasteiger partial charge is 0.325 e. The molecule has 3 N–H and O–H groups in total. The van der Waals surface area contributed by atoms with Crippen LogP contribution >= 0.6 is 0 Å². The molecule has 118 valence electrons. The summed E-state index contributed by atoms with van der Waals surface area (Å²) in [6.07, 6.45) is 8.25. The van der Waals surface area contributed by atoms with Gasteiger partial charge in [-0.05, 0) is 37.3 Å². The molecule has 1 fully saturated rings. The minimum atomic E-state index is -3.56. The summed E-state index contributed by atoms with van der Waals surface area (Å²) < 4.78 is 28.1. The summed E-state index contributed by atoms with van der Waals surface area (Å²) in [7, 11) is -3.56. The highest BCUT2D eigenvalue weighted by Gasteiger charge is 2.28. The second-order valence-corrected chi connectivity index (χ2v) is 7.37. The molecular formula is C15H25N3O2S. The number of sulfonamides is 1. The maximum Gasteiger partial charge on any atom is 0.242 e. The lowest BCUT2D eigenvalue weighted by molar-refractivity contribution is 0.285. The maximum atomic E-state index is 12.6. The first kappa shape index (κ1) is 16.4. The van der Waals surface area contributed by atoms with Crippen LogP contribution in [0, 0.1) is 5.92 Å². The van der Waals surface area contributed by atoms with E-state index in [4.69, 9.17) is 5.73 Å². The van der Waals surface area contributed by atoms with Gasteiger partial charge in [-0.3, -0.25) is 4.98 Å². The normalized spacial score (nSPS) is 18.6. The van der Waals surface area contributed by atoms with Gasteiger partial charge >= 0.3 is 0 Å². The van der Waals surface area contributed by atoms with Crippen LogP contribution in [0.1, 0.15) is 51.1 Å². The van der Waals surface area contributed by atoms with Gasteiger partial charge in [0, 0.05) is 18.8 Å². The quantitative estimate of drug-likeness (QED) is 0.843. The number of nitrogens with one attached hydrogen (secondary N) is 1. The highest BCUT2D eigenvalue weighted by Crippen LogP contribution is 2.28. The Labute approximate surface area is 127 Å². The Hall–Kier alpha value is -0.980. The first-order valence-electron chi connectivity index (χ1n) is 7.74. The van der Waals surface area contributed by atoms with E-state index >= 15 is 0 Å². The maximum absolute atomic E-state index is 12.6. The van der Waals surface area contributed by atoms with Gasteiger partial charge in [-0.25, -0.2) is 13.1 Å².